The van der Waals surface area contributed by atoms with Gasteiger partial charge in [-0.15, -0.1) is 0 Å². The van der Waals surface area contributed by atoms with Crippen LogP contribution in [0.15, 0.2) is 18.2 Å². The molecule has 1 fully saturated rings. The normalized spacial score (nSPS) is 22.9. The van der Waals surface area contributed by atoms with Crippen molar-refractivity contribution in [3.63, 3.8) is 0 Å². The van der Waals surface area contributed by atoms with E-state index in [1.54, 1.807) is 0 Å². The quantitative estimate of drug-likeness (QED) is 0.738. The number of hydrogen-bond donors (Lipinski definition) is 0. The van der Waals surface area contributed by atoms with Crippen LogP contribution in [0.25, 0.3) is 0 Å². The van der Waals surface area contributed by atoms with Crippen LogP contribution in [-0.4, -0.2) is 13.1 Å². The minimum atomic E-state index is -0.0925. The molecule has 0 amide bonds. The van der Waals surface area contributed by atoms with Gasteiger partial charge in [-0.3, -0.25) is 4.79 Å². The number of ether oxygens (including phenoxy) is 1. The second-order valence-electron chi connectivity index (χ2n) is 5.10. The maximum Gasteiger partial charge on any atom is 0.308 e. The molecule has 1 aromatic carbocycles. The summed E-state index contributed by atoms with van der Waals surface area (Å²) < 4.78 is 4.78. The van der Waals surface area contributed by atoms with E-state index in [1.807, 2.05) is 18.2 Å². The average Bonchev–Trinajstić information content (AvgIpc) is 3.15. The molecule has 2 rings (SSSR count). The van der Waals surface area contributed by atoms with Crippen molar-refractivity contribution < 1.29 is 9.53 Å². The summed E-state index contributed by atoms with van der Waals surface area (Å²) in [6.07, 6.45) is 2.83. The third-order valence-corrected chi connectivity index (χ3v) is 4.57. The summed E-state index contributed by atoms with van der Waals surface area (Å²) in [5.74, 6) is 0.691. The molecule has 3 atom stereocenters. The van der Waals surface area contributed by atoms with E-state index in [2.05, 4.69) is 6.92 Å². The molecule has 1 aliphatic rings. The third-order valence-electron chi connectivity index (χ3n) is 3.91. The maximum absolute atomic E-state index is 11.5. The van der Waals surface area contributed by atoms with Crippen LogP contribution in [0, 0.1) is 11.8 Å². The maximum atomic E-state index is 11.5. The molecule has 104 valence electrons. The average molecular weight is 301 g/mol. The summed E-state index contributed by atoms with van der Waals surface area (Å²) in [4.78, 5) is 11.5. The van der Waals surface area contributed by atoms with E-state index < -0.39 is 0 Å². The van der Waals surface area contributed by atoms with Gasteiger partial charge in [-0.2, -0.15) is 0 Å². The zero-order chi connectivity index (χ0) is 14.0. The molecule has 0 saturated heterocycles. The first kappa shape index (κ1) is 14.7. The largest absolute Gasteiger partial charge is 0.469 e. The highest BCUT2D eigenvalue weighted by Gasteiger charge is 2.44. The SMILES string of the molecule is CCC(CC1CC1C(=O)OC)c1c(Cl)cccc1Cl. The van der Waals surface area contributed by atoms with Crippen LogP contribution in [0.3, 0.4) is 0 Å². The van der Waals surface area contributed by atoms with Gasteiger partial charge in [0.15, 0.2) is 0 Å². The number of carbonyl (C=O) groups is 1. The lowest BCUT2D eigenvalue weighted by Gasteiger charge is -2.18. The van der Waals surface area contributed by atoms with Crippen LogP contribution >= 0.6 is 23.2 Å². The molecule has 1 saturated carbocycles. The molecule has 0 radical (unpaired) electrons. The lowest BCUT2D eigenvalue weighted by Crippen LogP contribution is -2.07. The van der Waals surface area contributed by atoms with E-state index in [-0.39, 0.29) is 11.9 Å². The van der Waals surface area contributed by atoms with Gasteiger partial charge in [0, 0.05) is 10.0 Å². The van der Waals surface area contributed by atoms with Gasteiger partial charge in [-0.05, 0) is 48.8 Å². The lowest BCUT2D eigenvalue weighted by molar-refractivity contribution is -0.142. The number of methoxy groups -OCH3 is 1. The van der Waals surface area contributed by atoms with Crippen molar-refractivity contribution >= 4 is 29.2 Å². The Morgan fingerprint density at radius 2 is 2.05 bits per heavy atom. The van der Waals surface area contributed by atoms with Crippen molar-refractivity contribution in [3.05, 3.63) is 33.8 Å². The zero-order valence-corrected chi connectivity index (χ0v) is 12.7. The number of halogens is 2. The number of esters is 1. The molecule has 2 nitrogen and oxygen atoms in total. The molecule has 0 aliphatic heterocycles. The van der Waals surface area contributed by atoms with Crippen LogP contribution in [0.4, 0.5) is 0 Å². The van der Waals surface area contributed by atoms with E-state index in [9.17, 15) is 4.79 Å². The fraction of sp³-hybridized carbons (Fsp3) is 0.533. The van der Waals surface area contributed by atoms with Gasteiger partial charge in [0.2, 0.25) is 0 Å². The van der Waals surface area contributed by atoms with Crippen molar-refractivity contribution in [1.29, 1.82) is 0 Å². The molecule has 1 aromatic rings. The number of rotatable bonds is 5. The van der Waals surface area contributed by atoms with E-state index in [4.69, 9.17) is 27.9 Å². The second kappa shape index (κ2) is 6.15. The molecule has 0 bridgehead atoms. The fourth-order valence-corrected chi connectivity index (χ4v) is 3.41. The fourth-order valence-electron chi connectivity index (χ4n) is 2.70. The summed E-state index contributed by atoms with van der Waals surface area (Å²) in [6, 6.07) is 5.60. The number of carbonyl (C=O) groups excluding carboxylic acids is 1. The lowest BCUT2D eigenvalue weighted by atomic mass is 9.90. The summed E-state index contributed by atoms with van der Waals surface area (Å²) in [7, 11) is 1.44. The van der Waals surface area contributed by atoms with Crippen molar-refractivity contribution in [3.8, 4) is 0 Å². The number of hydrogen-bond acceptors (Lipinski definition) is 2. The molecule has 1 aliphatic carbocycles. The Hall–Kier alpha value is -0.730. The molecule has 0 N–H and O–H groups in total. The van der Waals surface area contributed by atoms with Crippen molar-refractivity contribution in [1.82, 2.24) is 0 Å². The molecule has 4 heteroatoms. The van der Waals surface area contributed by atoms with Gasteiger partial charge in [0.05, 0.1) is 13.0 Å². The standard InChI is InChI=1S/C15H18Cl2O2/c1-3-9(7-10-8-11(10)15(18)19-2)14-12(16)5-4-6-13(14)17/h4-6,9-11H,3,7-8H2,1-2H3. The van der Waals surface area contributed by atoms with Crippen molar-refractivity contribution in [2.24, 2.45) is 11.8 Å². The van der Waals surface area contributed by atoms with Gasteiger partial charge in [0.25, 0.3) is 0 Å². The van der Waals surface area contributed by atoms with Gasteiger partial charge < -0.3 is 4.74 Å². The molecule has 0 heterocycles. The van der Waals surface area contributed by atoms with Crippen LogP contribution in [-0.2, 0) is 9.53 Å². The Morgan fingerprint density at radius 1 is 1.42 bits per heavy atom. The summed E-state index contributed by atoms with van der Waals surface area (Å²) >= 11 is 12.5. The molecule has 19 heavy (non-hydrogen) atoms. The predicted molar refractivity (Wildman–Crippen MR) is 77.7 cm³/mol. The minimum absolute atomic E-state index is 0.0697. The Labute approximate surface area is 124 Å². The van der Waals surface area contributed by atoms with Crippen molar-refractivity contribution in [2.75, 3.05) is 7.11 Å². The predicted octanol–water partition coefficient (Wildman–Crippen LogP) is 4.69. The Balaban J connectivity index is 2.08. The molecule has 0 spiro atoms. The first-order chi connectivity index (χ1) is 9.08. The monoisotopic (exact) mass is 300 g/mol. The zero-order valence-electron chi connectivity index (χ0n) is 11.2. The van der Waals surface area contributed by atoms with E-state index in [0.29, 0.717) is 11.8 Å². The topological polar surface area (TPSA) is 26.3 Å². The molecule has 3 unspecified atom stereocenters. The molecule has 0 aromatic heterocycles. The van der Waals surface area contributed by atoms with Crippen LogP contribution in [0.1, 0.15) is 37.7 Å². The summed E-state index contributed by atoms with van der Waals surface area (Å²) in [5.41, 5.74) is 1.02. The van der Waals surface area contributed by atoms with Crippen LogP contribution in [0.5, 0.6) is 0 Å². The molecular weight excluding hydrogens is 283 g/mol. The Morgan fingerprint density at radius 3 is 2.58 bits per heavy atom. The van der Waals surface area contributed by atoms with E-state index in [0.717, 1.165) is 34.9 Å². The van der Waals surface area contributed by atoms with E-state index in [1.165, 1.54) is 7.11 Å². The third kappa shape index (κ3) is 3.24. The van der Waals surface area contributed by atoms with Crippen molar-refractivity contribution in [2.45, 2.75) is 32.1 Å². The first-order valence-corrected chi connectivity index (χ1v) is 7.35. The first-order valence-electron chi connectivity index (χ1n) is 6.60. The Kier molecular flexibility index (Phi) is 4.75. The van der Waals surface area contributed by atoms with E-state index >= 15 is 0 Å². The summed E-state index contributed by atoms with van der Waals surface area (Å²) in [6.45, 7) is 2.12. The highest BCUT2D eigenvalue weighted by Crippen LogP contribution is 2.48. The van der Waals surface area contributed by atoms with Gasteiger partial charge in [-0.1, -0.05) is 36.2 Å². The minimum Gasteiger partial charge on any atom is -0.469 e. The van der Waals surface area contributed by atoms with Gasteiger partial charge >= 0.3 is 5.97 Å². The summed E-state index contributed by atoms with van der Waals surface area (Å²) in [5, 5.41) is 1.43. The smallest absolute Gasteiger partial charge is 0.308 e. The number of benzene rings is 1. The van der Waals surface area contributed by atoms with Gasteiger partial charge in [0.1, 0.15) is 0 Å². The van der Waals surface area contributed by atoms with Crippen LogP contribution < -0.4 is 0 Å². The van der Waals surface area contributed by atoms with Gasteiger partial charge in [-0.25, -0.2) is 0 Å². The van der Waals surface area contributed by atoms with Crippen LogP contribution in [0.2, 0.25) is 10.0 Å². The second-order valence-corrected chi connectivity index (χ2v) is 5.92. The highest BCUT2D eigenvalue weighted by molar-refractivity contribution is 6.36. The highest BCUT2D eigenvalue weighted by atomic mass is 35.5. The molecular formula is C15H18Cl2O2. The Bertz CT molecular complexity index is 453.